The highest BCUT2D eigenvalue weighted by Crippen LogP contribution is 2.30. The molecule has 2 aromatic carbocycles. The fourth-order valence-corrected chi connectivity index (χ4v) is 2.03. The molecule has 0 fully saturated rings. The Labute approximate surface area is 138 Å². The van der Waals surface area contributed by atoms with Crippen LogP contribution >= 0.6 is 0 Å². The zero-order valence-electron chi connectivity index (χ0n) is 13.1. The van der Waals surface area contributed by atoms with Crippen LogP contribution in [0.15, 0.2) is 48.5 Å². The first-order valence-corrected chi connectivity index (χ1v) is 7.54. The molecule has 0 amide bonds. The molecule has 2 rings (SSSR count). The first-order valence-electron chi connectivity index (χ1n) is 7.54. The van der Waals surface area contributed by atoms with Gasteiger partial charge in [0.25, 0.3) is 0 Å². The first kappa shape index (κ1) is 17.8. The molecule has 24 heavy (non-hydrogen) atoms. The number of aryl methyl sites for hydroxylation is 1. The average Bonchev–Trinajstić information content (AvgIpc) is 2.54. The molecule has 0 aromatic heterocycles. The minimum atomic E-state index is -4.43. The molecule has 0 atom stereocenters. The van der Waals surface area contributed by atoms with Crippen molar-refractivity contribution in [2.75, 3.05) is 0 Å². The van der Waals surface area contributed by atoms with Gasteiger partial charge in [0.2, 0.25) is 0 Å². The summed E-state index contributed by atoms with van der Waals surface area (Å²) in [5.41, 5.74) is 0.325. The number of hydrogen-bond acceptors (Lipinski definition) is 3. The summed E-state index contributed by atoms with van der Waals surface area (Å²) in [6.07, 6.45) is -2.31. The van der Waals surface area contributed by atoms with Crippen LogP contribution in [0.2, 0.25) is 0 Å². The van der Waals surface area contributed by atoms with Crippen molar-refractivity contribution in [2.45, 2.75) is 32.4 Å². The second kappa shape index (κ2) is 7.86. The smallest absolute Gasteiger partial charge is 0.395 e. The van der Waals surface area contributed by atoms with Crippen LogP contribution in [0.5, 0.6) is 11.5 Å². The maximum Gasteiger partial charge on any atom is 0.519 e. The van der Waals surface area contributed by atoms with E-state index in [1.165, 1.54) is 0 Å². The van der Waals surface area contributed by atoms with E-state index in [9.17, 15) is 18.0 Å². The maximum absolute atomic E-state index is 12.4. The second-order valence-corrected chi connectivity index (χ2v) is 5.22. The lowest BCUT2D eigenvalue weighted by Gasteiger charge is -2.08. The average molecular weight is 338 g/mol. The molecule has 0 radical (unpaired) electrons. The van der Waals surface area contributed by atoms with Crippen molar-refractivity contribution < 1.29 is 27.4 Å². The third kappa shape index (κ3) is 5.30. The van der Waals surface area contributed by atoms with Crippen LogP contribution in [-0.4, -0.2) is 6.16 Å². The molecule has 0 heterocycles. The molecular weight excluding hydrogens is 321 g/mol. The summed E-state index contributed by atoms with van der Waals surface area (Å²) in [6, 6.07) is 10.8. The number of hydrogen-bond donors (Lipinski definition) is 0. The van der Waals surface area contributed by atoms with E-state index in [2.05, 4.69) is 6.92 Å². The standard InChI is InChI=1S/C18H17F3O3/c1-2-3-4-13-5-9-15(10-6-13)23-17(22)24-16-11-7-14(8-12-16)18(19,20)21/h5-12H,2-4H2,1H3. The predicted molar refractivity (Wildman–Crippen MR) is 83.2 cm³/mol. The predicted octanol–water partition coefficient (Wildman–Crippen LogP) is 5.63. The van der Waals surface area contributed by atoms with Crippen molar-refractivity contribution >= 4 is 6.16 Å². The summed E-state index contributed by atoms with van der Waals surface area (Å²) in [5, 5.41) is 0. The lowest BCUT2D eigenvalue weighted by atomic mass is 10.1. The zero-order chi connectivity index (χ0) is 17.6. The quantitative estimate of drug-likeness (QED) is 0.524. The number of halogens is 3. The van der Waals surface area contributed by atoms with Gasteiger partial charge in [-0.25, -0.2) is 4.79 Å². The van der Waals surface area contributed by atoms with Gasteiger partial charge < -0.3 is 9.47 Å². The number of alkyl halides is 3. The Morgan fingerprint density at radius 1 is 0.917 bits per heavy atom. The number of carbonyl (C=O) groups is 1. The van der Waals surface area contributed by atoms with Gasteiger partial charge >= 0.3 is 12.3 Å². The fourth-order valence-electron chi connectivity index (χ4n) is 2.03. The van der Waals surface area contributed by atoms with Crippen LogP contribution in [0.1, 0.15) is 30.9 Å². The Bertz CT molecular complexity index is 661. The summed E-state index contributed by atoms with van der Waals surface area (Å²) in [4.78, 5) is 11.7. The largest absolute Gasteiger partial charge is 0.519 e. The van der Waals surface area contributed by atoms with E-state index in [0.717, 1.165) is 49.1 Å². The Morgan fingerprint density at radius 3 is 1.88 bits per heavy atom. The Kier molecular flexibility index (Phi) is 5.84. The molecule has 6 heteroatoms. The minimum Gasteiger partial charge on any atom is -0.395 e. The van der Waals surface area contributed by atoms with E-state index in [1.807, 2.05) is 12.1 Å². The van der Waals surface area contributed by atoms with Gasteiger partial charge in [0.15, 0.2) is 0 Å². The maximum atomic E-state index is 12.4. The second-order valence-electron chi connectivity index (χ2n) is 5.22. The molecule has 0 saturated carbocycles. The van der Waals surface area contributed by atoms with Gasteiger partial charge in [-0.15, -0.1) is 0 Å². The van der Waals surface area contributed by atoms with Crippen molar-refractivity contribution in [2.24, 2.45) is 0 Å². The van der Waals surface area contributed by atoms with Gasteiger partial charge in [0.1, 0.15) is 11.5 Å². The fraction of sp³-hybridized carbons (Fsp3) is 0.278. The van der Waals surface area contributed by atoms with Crippen LogP contribution in [-0.2, 0) is 12.6 Å². The molecule has 0 bridgehead atoms. The van der Waals surface area contributed by atoms with E-state index in [-0.39, 0.29) is 5.75 Å². The molecule has 0 spiro atoms. The highest BCUT2D eigenvalue weighted by Gasteiger charge is 2.30. The molecular formula is C18H17F3O3. The molecule has 0 aliphatic carbocycles. The van der Waals surface area contributed by atoms with E-state index >= 15 is 0 Å². The van der Waals surface area contributed by atoms with E-state index < -0.39 is 17.9 Å². The van der Waals surface area contributed by atoms with Crippen molar-refractivity contribution in [1.29, 1.82) is 0 Å². The van der Waals surface area contributed by atoms with E-state index in [1.54, 1.807) is 12.1 Å². The van der Waals surface area contributed by atoms with Crippen molar-refractivity contribution in [3.8, 4) is 11.5 Å². The van der Waals surface area contributed by atoms with Crippen LogP contribution in [0.25, 0.3) is 0 Å². The molecule has 0 aliphatic heterocycles. The Hall–Kier alpha value is -2.50. The van der Waals surface area contributed by atoms with Gasteiger partial charge in [0.05, 0.1) is 5.56 Å². The van der Waals surface area contributed by atoms with Crippen LogP contribution in [0.3, 0.4) is 0 Å². The van der Waals surface area contributed by atoms with E-state index in [4.69, 9.17) is 9.47 Å². The number of carbonyl (C=O) groups excluding carboxylic acids is 1. The first-order chi connectivity index (χ1) is 11.4. The van der Waals surface area contributed by atoms with Gasteiger partial charge in [-0.2, -0.15) is 13.2 Å². The van der Waals surface area contributed by atoms with Crippen LogP contribution < -0.4 is 9.47 Å². The van der Waals surface area contributed by atoms with Crippen LogP contribution in [0, 0.1) is 0 Å². The van der Waals surface area contributed by atoms with Gasteiger partial charge in [0, 0.05) is 0 Å². The van der Waals surface area contributed by atoms with Gasteiger partial charge in [-0.3, -0.25) is 0 Å². The number of benzene rings is 2. The molecule has 128 valence electrons. The van der Waals surface area contributed by atoms with E-state index in [0.29, 0.717) is 5.75 Å². The molecule has 2 aromatic rings. The highest BCUT2D eigenvalue weighted by atomic mass is 19.4. The molecule has 3 nitrogen and oxygen atoms in total. The summed E-state index contributed by atoms with van der Waals surface area (Å²) in [7, 11) is 0. The third-order valence-electron chi connectivity index (χ3n) is 3.33. The minimum absolute atomic E-state index is 0.0208. The van der Waals surface area contributed by atoms with Crippen molar-refractivity contribution in [3.05, 3.63) is 59.7 Å². The van der Waals surface area contributed by atoms with Crippen molar-refractivity contribution in [1.82, 2.24) is 0 Å². The molecule has 0 N–H and O–H groups in total. The number of rotatable bonds is 5. The summed E-state index contributed by atoms with van der Waals surface area (Å²) >= 11 is 0. The molecule has 0 unspecified atom stereocenters. The summed E-state index contributed by atoms with van der Waals surface area (Å²) in [5.74, 6) is 0.291. The highest BCUT2D eigenvalue weighted by molar-refractivity contribution is 5.67. The summed E-state index contributed by atoms with van der Waals surface area (Å²) in [6.45, 7) is 2.11. The van der Waals surface area contributed by atoms with Crippen LogP contribution in [0.4, 0.5) is 18.0 Å². The monoisotopic (exact) mass is 338 g/mol. The van der Waals surface area contributed by atoms with Crippen molar-refractivity contribution in [3.63, 3.8) is 0 Å². The molecule has 0 saturated heterocycles. The zero-order valence-corrected chi connectivity index (χ0v) is 13.1. The number of unbranched alkanes of at least 4 members (excludes halogenated alkanes) is 1. The third-order valence-corrected chi connectivity index (χ3v) is 3.33. The summed E-state index contributed by atoms with van der Waals surface area (Å²) < 4.78 is 47.2. The topological polar surface area (TPSA) is 35.5 Å². The van der Waals surface area contributed by atoms with Gasteiger partial charge in [-0.1, -0.05) is 25.5 Å². The Morgan fingerprint density at radius 2 is 1.42 bits per heavy atom. The SMILES string of the molecule is CCCCc1ccc(OC(=O)Oc2ccc(C(F)(F)F)cc2)cc1. The van der Waals surface area contributed by atoms with Gasteiger partial charge in [-0.05, 0) is 54.8 Å². The molecule has 0 aliphatic rings. The number of ether oxygens (including phenoxy) is 2. The normalized spacial score (nSPS) is 11.2. The lowest BCUT2D eigenvalue weighted by Crippen LogP contribution is -2.14. The Balaban J connectivity index is 1.91. The lowest BCUT2D eigenvalue weighted by molar-refractivity contribution is -0.137.